The van der Waals surface area contributed by atoms with Crippen molar-refractivity contribution >= 4 is 17.7 Å². The monoisotopic (exact) mass is 428 g/mol. The number of rotatable bonds is 7. The molecule has 2 heterocycles. The lowest BCUT2D eigenvalue weighted by molar-refractivity contribution is -0.148. The van der Waals surface area contributed by atoms with Crippen molar-refractivity contribution in [2.75, 3.05) is 19.7 Å². The van der Waals surface area contributed by atoms with Gasteiger partial charge in [0, 0.05) is 42.1 Å². The summed E-state index contributed by atoms with van der Waals surface area (Å²) in [6, 6.07) is 7.28. The lowest BCUT2D eigenvalue weighted by Crippen LogP contribution is -2.40. The Morgan fingerprint density at radius 3 is 2.35 bits per heavy atom. The van der Waals surface area contributed by atoms with E-state index in [1.54, 1.807) is 4.90 Å². The van der Waals surface area contributed by atoms with Crippen molar-refractivity contribution in [3.05, 3.63) is 58.7 Å². The lowest BCUT2D eigenvalue weighted by atomic mass is 9.96. The number of ether oxygens (including phenoxy) is 1. The highest BCUT2D eigenvalue weighted by atomic mass is 19.1. The molecule has 0 saturated carbocycles. The summed E-state index contributed by atoms with van der Waals surface area (Å²) in [5.74, 6) is -1.50. The van der Waals surface area contributed by atoms with Crippen LogP contribution in [0.3, 0.4) is 0 Å². The van der Waals surface area contributed by atoms with Gasteiger partial charge in [0.2, 0.25) is 5.78 Å². The Morgan fingerprint density at radius 2 is 1.74 bits per heavy atom. The topological polar surface area (TPSA) is 68.6 Å². The van der Waals surface area contributed by atoms with Crippen LogP contribution in [0.15, 0.2) is 30.3 Å². The van der Waals surface area contributed by atoms with Crippen molar-refractivity contribution in [2.45, 2.75) is 46.6 Å². The number of aryl methyl sites for hydroxylation is 1. The zero-order valence-corrected chi connectivity index (χ0v) is 18.3. The molecule has 0 bridgehead atoms. The molecule has 166 valence electrons. The van der Waals surface area contributed by atoms with Crippen molar-refractivity contribution < 1.29 is 23.5 Å². The van der Waals surface area contributed by atoms with E-state index < -0.39 is 5.97 Å². The summed E-state index contributed by atoms with van der Waals surface area (Å²) < 4.78 is 20.5. The van der Waals surface area contributed by atoms with Crippen LogP contribution in [0, 0.1) is 25.6 Å². The molecule has 0 unspecified atom stereocenters. The molecule has 0 radical (unpaired) electrons. The Morgan fingerprint density at radius 1 is 1.10 bits per heavy atom. The first-order valence-corrected chi connectivity index (χ1v) is 10.7. The Bertz CT molecular complexity index is 957. The van der Waals surface area contributed by atoms with Gasteiger partial charge in [-0.15, -0.1) is 0 Å². The number of carbonyl (C=O) groups excluding carboxylic acids is 3. The van der Waals surface area contributed by atoms with Crippen molar-refractivity contribution in [1.82, 2.24) is 9.47 Å². The largest absolute Gasteiger partial charge is 0.457 e. The molecule has 1 aliphatic heterocycles. The van der Waals surface area contributed by atoms with Crippen LogP contribution in [-0.2, 0) is 16.1 Å². The number of Topliss-reactive ketones (excluding diaryl/α,β-unsaturated/α-hetero) is 1. The van der Waals surface area contributed by atoms with Gasteiger partial charge in [-0.25, -0.2) is 4.39 Å². The summed E-state index contributed by atoms with van der Waals surface area (Å²) >= 11 is 0. The minimum atomic E-state index is -0.399. The molecule has 0 N–H and O–H groups in total. The van der Waals surface area contributed by atoms with Gasteiger partial charge in [0.25, 0.3) is 5.91 Å². The van der Waals surface area contributed by atoms with Crippen molar-refractivity contribution in [3.63, 3.8) is 0 Å². The second-order valence-corrected chi connectivity index (χ2v) is 8.04. The Balaban J connectivity index is 1.50. The van der Waals surface area contributed by atoms with E-state index in [9.17, 15) is 18.8 Å². The molecule has 2 aromatic rings. The average molecular weight is 429 g/mol. The number of esters is 1. The number of benzene rings is 1. The van der Waals surface area contributed by atoms with E-state index >= 15 is 0 Å². The lowest BCUT2D eigenvalue weighted by Gasteiger charge is -2.31. The van der Waals surface area contributed by atoms with Crippen LogP contribution in [0.25, 0.3) is 0 Å². The number of carbonyl (C=O) groups is 3. The molecule has 1 saturated heterocycles. The fourth-order valence-corrected chi connectivity index (χ4v) is 4.08. The van der Waals surface area contributed by atoms with Crippen LogP contribution in [0.4, 0.5) is 4.39 Å². The molecule has 1 aliphatic rings. The van der Waals surface area contributed by atoms with Gasteiger partial charge in [0.05, 0.1) is 5.92 Å². The van der Waals surface area contributed by atoms with Gasteiger partial charge in [-0.05, 0) is 63.4 Å². The maximum atomic E-state index is 13.0. The molecule has 1 amide bonds. The first-order chi connectivity index (χ1) is 14.8. The van der Waals surface area contributed by atoms with Gasteiger partial charge in [-0.1, -0.05) is 6.92 Å². The van der Waals surface area contributed by atoms with E-state index in [1.165, 1.54) is 24.3 Å². The van der Waals surface area contributed by atoms with Crippen molar-refractivity contribution in [2.24, 2.45) is 5.92 Å². The maximum absolute atomic E-state index is 13.0. The van der Waals surface area contributed by atoms with Crippen LogP contribution < -0.4 is 0 Å². The molecular formula is C24H29FN2O4. The molecule has 1 fully saturated rings. The number of amides is 1. The van der Waals surface area contributed by atoms with E-state index in [1.807, 2.05) is 19.9 Å². The molecule has 31 heavy (non-hydrogen) atoms. The molecule has 0 aliphatic carbocycles. The van der Waals surface area contributed by atoms with Gasteiger partial charge in [0.1, 0.15) is 5.82 Å². The molecule has 1 aromatic heterocycles. The van der Waals surface area contributed by atoms with Gasteiger partial charge < -0.3 is 14.2 Å². The molecule has 0 spiro atoms. The first kappa shape index (κ1) is 22.7. The van der Waals surface area contributed by atoms with Crippen molar-refractivity contribution in [3.8, 4) is 0 Å². The smallest absolute Gasteiger partial charge is 0.309 e. The summed E-state index contributed by atoms with van der Waals surface area (Å²) in [5.41, 5.74) is 2.94. The summed E-state index contributed by atoms with van der Waals surface area (Å²) in [6.45, 7) is 7.37. The summed E-state index contributed by atoms with van der Waals surface area (Å²) in [5, 5.41) is 0. The normalized spacial score (nSPS) is 14.5. The fraction of sp³-hybridized carbons (Fsp3) is 0.458. The minimum absolute atomic E-state index is 0.176. The quantitative estimate of drug-likeness (QED) is 0.495. The molecular weight excluding hydrogens is 399 g/mol. The molecule has 0 atom stereocenters. The number of nitrogens with zero attached hydrogens (tertiary/aromatic N) is 2. The Hall–Kier alpha value is -2.96. The Kier molecular flexibility index (Phi) is 7.25. The van der Waals surface area contributed by atoms with Crippen LogP contribution >= 0.6 is 0 Å². The first-order valence-electron chi connectivity index (χ1n) is 10.7. The van der Waals surface area contributed by atoms with Crippen LogP contribution in [-0.4, -0.2) is 46.8 Å². The average Bonchev–Trinajstić information content (AvgIpc) is 3.06. The third kappa shape index (κ3) is 5.21. The van der Waals surface area contributed by atoms with E-state index in [0.717, 1.165) is 24.4 Å². The molecule has 7 heteroatoms. The summed E-state index contributed by atoms with van der Waals surface area (Å²) in [7, 11) is 0. The fourth-order valence-electron chi connectivity index (χ4n) is 4.08. The van der Waals surface area contributed by atoms with E-state index in [0.29, 0.717) is 37.1 Å². The highest BCUT2D eigenvalue weighted by molar-refractivity contribution is 5.99. The van der Waals surface area contributed by atoms with Crippen LogP contribution in [0.5, 0.6) is 0 Å². The van der Waals surface area contributed by atoms with E-state index in [2.05, 4.69) is 11.5 Å². The molecule has 6 nitrogen and oxygen atoms in total. The van der Waals surface area contributed by atoms with Crippen LogP contribution in [0.2, 0.25) is 0 Å². The predicted molar refractivity (Wildman–Crippen MR) is 115 cm³/mol. The number of piperidine rings is 1. The third-order valence-corrected chi connectivity index (χ3v) is 5.87. The highest BCUT2D eigenvalue weighted by Gasteiger charge is 2.29. The summed E-state index contributed by atoms with van der Waals surface area (Å²) in [6.07, 6.45) is 1.93. The molecule has 3 rings (SSSR count). The van der Waals surface area contributed by atoms with E-state index in [4.69, 9.17) is 4.74 Å². The van der Waals surface area contributed by atoms with E-state index in [-0.39, 0.29) is 30.0 Å². The summed E-state index contributed by atoms with van der Waals surface area (Å²) in [4.78, 5) is 39.2. The van der Waals surface area contributed by atoms with Crippen molar-refractivity contribution in [1.29, 1.82) is 0 Å². The zero-order chi connectivity index (χ0) is 22.5. The Labute approximate surface area is 182 Å². The van der Waals surface area contributed by atoms with Gasteiger partial charge in [-0.3, -0.25) is 14.4 Å². The number of hydrogen-bond donors (Lipinski definition) is 0. The number of hydrogen-bond acceptors (Lipinski definition) is 4. The number of aromatic nitrogens is 1. The van der Waals surface area contributed by atoms with Gasteiger partial charge in [-0.2, -0.15) is 0 Å². The third-order valence-electron chi connectivity index (χ3n) is 5.87. The number of likely N-dealkylation sites (tertiary alicyclic amines) is 1. The van der Waals surface area contributed by atoms with Crippen LogP contribution in [0.1, 0.15) is 58.3 Å². The minimum Gasteiger partial charge on any atom is -0.457 e. The highest BCUT2D eigenvalue weighted by Crippen LogP contribution is 2.21. The maximum Gasteiger partial charge on any atom is 0.309 e. The molecule has 1 aromatic carbocycles. The van der Waals surface area contributed by atoms with Gasteiger partial charge >= 0.3 is 5.97 Å². The predicted octanol–water partition coefficient (Wildman–Crippen LogP) is 3.93. The second kappa shape index (κ2) is 9.90. The second-order valence-electron chi connectivity index (χ2n) is 8.04. The SMILES string of the molecule is CCCn1c(C)cc(C(=O)COC(=O)C2CCN(C(=O)c3ccc(F)cc3)CC2)c1C. The number of halogens is 1. The zero-order valence-electron chi connectivity index (χ0n) is 18.3. The standard InChI is InChI=1S/C24H29FN2O4/c1-4-11-27-16(2)14-21(17(27)3)22(28)15-31-24(30)19-9-12-26(13-10-19)23(29)18-5-7-20(25)8-6-18/h5-8,14,19H,4,9-13,15H2,1-3H3. The number of ketones is 1. The van der Waals surface area contributed by atoms with Gasteiger partial charge in [0.15, 0.2) is 6.61 Å².